The van der Waals surface area contributed by atoms with Crippen molar-refractivity contribution < 1.29 is 5.11 Å². The Kier molecular flexibility index (Phi) is 3.44. The molecule has 3 atom stereocenters. The highest BCUT2D eigenvalue weighted by atomic mass is 32.2. The molecule has 2 nitrogen and oxygen atoms in total. The smallest absolute Gasteiger partial charge is 0.0727 e. The van der Waals surface area contributed by atoms with Gasteiger partial charge in [-0.1, -0.05) is 29.8 Å². The highest BCUT2D eigenvalue weighted by Crippen LogP contribution is 2.38. The lowest BCUT2D eigenvalue weighted by atomic mass is 9.93. The van der Waals surface area contributed by atoms with Gasteiger partial charge in [0.2, 0.25) is 0 Å². The van der Waals surface area contributed by atoms with E-state index >= 15 is 0 Å². The standard InChI is InChI=1S/C15H19NOS/c1-10-2-4-11(5-3-10)8-15-16-13-7-6-12(17)9-14(13)18-15/h2-5,12-14,17H,6-9H2,1H3. The molecule has 1 aromatic rings. The van der Waals surface area contributed by atoms with Crippen molar-refractivity contribution in [2.75, 3.05) is 0 Å². The van der Waals surface area contributed by atoms with Crippen molar-refractivity contribution >= 4 is 16.8 Å². The number of nitrogens with zero attached hydrogens (tertiary/aromatic N) is 1. The quantitative estimate of drug-likeness (QED) is 0.887. The second-order valence-corrected chi connectivity index (χ2v) is 6.69. The summed E-state index contributed by atoms with van der Waals surface area (Å²) in [4.78, 5) is 4.83. The maximum Gasteiger partial charge on any atom is 0.0727 e. The summed E-state index contributed by atoms with van der Waals surface area (Å²) in [5, 5.41) is 11.5. The maximum absolute atomic E-state index is 9.70. The van der Waals surface area contributed by atoms with Crippen LogP contribution < -0.4 is 0 Å². The van der Waals surface area contributed by atoms with Gasteiger partial charge in [-0.15, -0.1) is 11.8 Å². The average molecular weight is 261 g/mol. The van der Waals surface area contributed by atoms with Gasteiger partial charge in [0.1, 0.15) is 0 Å². The van der Waals surface area contributed by atoms with Gasteiger partial charge in [-0.3, -0.25) is 4.99 Å². The van der Waals surface area contributed by atoms with E-state index in [4.69, 9.17) is 4.99 Å². The number of fused-ring (bicyclic) bond motifs is 1. The fourth-order valence-electron chi connectivity index (χ4n) is 2.72. The summed E-state index contributed by atoms with van der Waals surface area (Å²) in [5.41, 5.74) is 2.64. The zero-order valence-corrected chi connectivity index (χ0v) is 11.5. The Morgan fingerprint density at radius 3 is 2.83 bits per heavy atom. The number of hydrogen-bond donors (Lipinski definition) is 1. The Morgan fingerprint density at radius 1 is 1.28 bits per heavy atom. The van der Waals surface area contributed by atoms with Crippen molar-refractivity contribution in [2.24, 2.45) is 4.99 Å². The van der Waals surface area contributed by atoms with Crippen molar-refractivity contribution in [3.8, 4) is 0 Å². The van der Waals surface area contributed by atoms with Crippen molar-refractivity contribution in [1.82, 2.24) is 0 Å². The molecule has 1 saturated carbocycles. The molecule has 1 aliphatic carbocycles. The number of aliphatic hydroxyl groups is 1. The van der Waals surface area contributed by atoms with Crippen LogP contribution in [0.4, 0.5) is 0 Å². The maximum atomic E-state index is 9.70. The van der Waals surface area contributed by atoms with Crippen LogP contribution in [-0.4, -0.2) is 27.5 Å². The van der Waals surface area contributed by atoms with E-state index in [2.05, 4.69) is 31.2 Å². The first kappa shape index (κ1) is 12.2. The minimum atomic E-state index is -0.104. The lowest BCUT2D eigenvalue weighted by molar-refractivity contribution is 0.127. The van der Waals surface area contributed by atoms with Gasteiger partial charge < -0.3 is 5.11 Å². The molecule has 0 bridgehead atoms. The molecule has 3 rings (SSSR count). The first-order chi connectivity index (χ1) is 8.70. The zero-order valence-electron chi connectivity index (χ0n) is 10.7. The van der Waals surface area contributed by atoms with Gasteiger partial charge in [0.05, 0.1) is 17.2 Å². The molecule has 3 heteroatoms. The van der Waals surface area contributed by atoms with Crippen molar-refractivity contribution in [1.29, 1.82) is 0 Å². The average Bonchev–Trinajstić information content (AvgIpc) is 2.73. The van der Waals surface area contributed by atoms with Crippen LogP contribution in [-0.2, 0) is 6.42 Å². The molecule has 1 heterocycles. The van der Waals surface area contributed by atoms with E-state index in [1.165, 1.54) is 16.2 Å². The third-order valence-corrected chi connectivity index (χ3v) is 5.13. The summed E-state index contributed by atoms with van der Waals surface area (Å²) in [6, 6.07) is 9.15. The lowest BCUT2D eigenvalue weighted by Crippen LogP contribution is -2.30. The molecular weight excluding hydrogens is 242 g/mol. The van der Waals surface area contributed by atoms with Crippen molar-refractivity contribution in [3.63, 3.8) is 0 Å². The van der Waals surface area contributed by atoms with E-state index in [9.17, 15) is 5.11 Å². The molecule has 1 fully saturated rings. The van der Waals surface area contributed by atoms with E-state index in [1.807, 2.05) is 11.8 Å². The molecule has 0 amide bonds. The fraction of sp³-hybridized carbons (Fsp3) is 0.533. The summed E-state index contributed by atoms with van der Waals surface area (Å²) in [7, 11) is 0. The Balaban J connectivity index is 1.66. The van der Waals surface area contributed by atoms with Gasteiger partial charge >= 0.3 is 0 Å². The van der Waals surface area contributed by atoms with Crippen molar-refractivity contribution in [2.45, 2.75) is 50.0 Å². The molecule has 96 valence electrons. The second kappa shape index (κ2) is 5.06. The van der Waals surface area contributed by atoms with Gasteiger partial charge in [0.15, 0.2) is 0 Å². The number of aliphatic hydroxyl groups excluding tert-OH is 1. The summed E-state index contributed by atoms with van der Waals surface area (Å²) in [6.45, 7) is 2.11. The number of hydrogen-bond acceptors (Lipinski definition) is 3. The molecule has 0 radical (unpaired) electrons. The monoisotopic (exact) mass is 261 g/mol. The SMILES string of the molecule is Cc1ccc(CC2=NC3CCC(O)CC3S2)cc1. The summed E-state index contributed by atoms with van der Waals surface area (Å²) >= 11 is 1.89. The second-order valence-electron chi connectivity index (χ2n) is 5.38. The number of thioether (sulfide) groups is 1. The molecule has 2 aliphatic rings. The molecule has 0 aromatic heterocycles. The molecule has 1 N–H and O–H groups in total. The van der Waals surface area contributed by atoms with Crippen molar-refractivity contribution in [3.05, 3.63) is 35.4 Å². The highest BCUT2D eigenvalue weighted by molar-refractivity contribution is 8.14. The van der Waals surface area contributed by atoms with Gasteiger partial charge in [0.25, 0.3) is 0 Å². The number of benzene rings is 1. The Hall–Kier alpha value is -0.800. The van der Waals surface area contributed by atoms with E-state index in [0.29, 0.717) is 11.3 Å². The van der Waals surface area contributed by atoms with E-state index in [0.717, 1.165) is 25.7 Å². The Labute approximate surface area is 113 Å². The number of aryl methyl sites for hydroxylation is 1. The van der Waals surface area contributed by atoms with Crippen LogP contribution in [0.25, 0.3) is 0 Å². The third-order valence-electron chi connectivity index (χ3n) is 3.80. The number of rotatable bonds is 2. The van der Waals surface area contributed by atoms with Crippen LogP contribution in [0.3, 0.4) is 0 Å². The molecule has 1 aromatic carbocycles. The molecular formula is C15H19NOS. The summed E-state index contributed by atoms with van der Waals surface area (Å²) in [6.07, 6.45) is 3.73. The van der Waals surface area contributed by atoms with Gasteiger partial charge in [-0.2, -0.15) is 0 Å². The first-order valence-electron chi connectivity index (χ1n) is 6.67. The van der Waals surface area contributed by atoms with E-state index < -0.39 is 0 Å². The van der Waals surface area contributed by atoms with Gasteiger partial charge in [0, 0.05) is 11.7 Å². The lowest BCUT2D eigenvalue weighted by Gasteiger charge is -2.26. The largest absolute Gasteiger partial charge is 0.393 e. The predicted octanol–water partition coefficient (Wildman–Crippen LogP) is 2.96. The summed E-state index contributed by atoms with van der Waals surface area (Å²) < 4.78 is 0. The van der Waals surface area contributed by atoms with Crippen LogP contribution in [0.15, 0.2) is 29.3 Å². The van der Waals surface area contributed by atoms with Crippen LogP contribution in [0.1, 0.15) is 30.4 Å². The van der Waals surface area contributed by atoms with E-state index in [1.54, 1.807) is 0 Å². The third kappa shape index (κ3) is 2.62. The fourth-order valence-corrected chi connectivity index (χ4v) is 4.19. The molecule has 1 aliphatic heterocycles. The molecule has 18 heavy (non-hydrogen) atoms. The van der Waals surface area contributed by atoms with Crippen LogP contribution in [0.5, 0.6) is 0 Å². The van der Waals surface area contributed by atoms with Gasteiger partial charge in [-0.05, 0) is 31.7 Å². The first-order valence-corrected chi connectivity index (χ1v) is 7.55. The highest BCUT2D eigenvalue weighted by Gasteiger charge is 2.35. The Morgan fingerprint density at radius 2 is 2.06 bits per heavy atom. The number of aliphatic imine (C=N–C) groups is 1. The minimum Gasteiger partial charge on any atom is -0.393 e. The normalized spacial score (nSPS) is 31.0. The van der Waals surface area contributed by atoms with Crippen LogP contribution in [0.2, 0.25) is 0 Å². The predicted molar refractivity (Wildman–Crippen MR) is 77.3 cm³/mol. The van der Waals surface area contributed by atoms with Crippen LogP contribution >= 0.6 is 11.8 Å². The van der Waals surface area contributed by atoms with E-state index in [-0.39, 0.29) is 6.10 Å². The minimum absolute atomic E-state index is 0.104. The van der Waals surface area contributed by atoms with Crippen LogP contribution in [0, 0.1) is 6.92 Å². The topological polar surface area (TPSA) is 32.6 Å². The van der Waals surface area contributed by atoms with Gasteiger partial charge in [-0.25, -0.2) is 0 Å². The Bertz CT molecular complexity index is 454. The zero-order chi connectivity index (χ0) is 12.5. The molecule has 3 unspecified atom stereocenters. The molecule has 0 spiro atoms. The summed E-state index contributed by atoms with van der Waals surface area (Å²) in [5.74, 6) is 0. The molecule has 0 saturated heterocycles.